The summed E-state index contributed by atoms with van der Waals surface area (Å²) in [5.74, 6) is 0.801. The molecule has 0 saturated heterocycles. The third-order valence-electron chi connectivity index (χ3n) is 2.81. The molecule has 1 heteroatoms. The van der Waals surface area contributed by atoms with Crippen LogP contribution >= 0.6 is 0 Å². The normalized spacial score (nSPS) is 21.4. The molecule has 1 aromatic rings. The number of para-hydroxylation sites is 1. The molecule has 1 atom stereocenters. The van der Waals surface area contributed by atoms with Crippen LogP contribution in [0.15, 0.2) is 24.3 Å². The van der Waals surface area contributed by atoms with Crippen molar-refractivity contribution in [3.05, 3.63) is 29.8 Å². The van der Waals surface area contributed by atoms with E-state index in [1.807, 2.05) is 0 Å². The smallest absolute Gasteiger partial charge is 0.0398 e. The Morgan fingerprint density at radius 2 is 2.15 bits per heavy atom. The van der Waals surface area contributed by atoms with Crippen LogP contribution in [0.3, 0.4) is 0 Å². The topological polar surface area (TPSA) is 3.24 Å². The average molecular weight is 175 g/mol. The third kappa shape index (κ3) is 1.55. The SMILES string of the molecule is CCN1C[C@@H](C)Cc2ccccc21. The number of nitrogens with zero attached hydrogens (tertiary/aromatic N) is 1. The van der Waals surface area contributed by atoms with E-state index in [1.54, 1.807) is 0 Å². The second-order valence-electron chi connectivity index (χ2n) is 3.98. The van der Waals surface area contributed by atoms with Gasteiger partial charge in [0.05, 0.1) is 0 Å². The number of rotatable bonds is 1. The second kappa shape index (κ2) is 3.41. The van der Waals surface area contributed by atoms with Gasteiger partial charge in [0.1, 0.15) is 0 Å². The van der Waals surface area contributed by atoms with Crippen LogP contribution in [-0.2, 0) is 6.42 Å². The summed E-state index contributed by atoms with van der Waals surface area (Å²) in [4.78, 5) is 2.48. The van der Waals surface area contributed by atoms with Crippen molar-refractivity contribution >= 4 is 5.69 Å². The second-order valence-corrected chi connectivity index (χ2v) is 3.98. The van der Waals surface area contributed by atoms with Crippen LogP contribution < -0.4 is 4.90 Å². The lowest BCUT2D eigenvalue weighted by atomic mass is 9.94. The van der Waals surface area contributed by atoms with Crippen molar-refractivity contribution < 1.29 is 0 Å². The van der Waals surface area contributed by atoms with E-state index < -0.39 is 0 Å². The summed E-state index contributed by atoms with van der Waals surface area (Å²) in [5, 5.41) is 0. The molecule has 0 spiro atoms. The average Bonchev–Trinajstić information content (AvgIpc) is 2.16. The van der Waals surface area contributed by atoms with E-state index in [-0.39, 0.29) is 0 Å². The molecule has 0 aliphatic carbocycles. The van der Waals surface area contributed by atoms with Gasteiger partial charge >= 0.3 is 0 Å². The zero-order valence-corrected chi connectivity index (χ0v) is 8.46. The van der Waals surface area contributed by atoms with Gasteiger partial charge in [0.2, 0.25) is 0 Å². The van der Waals surface area contributed by atoms with E-state index in [4.69, 9.17) is 0 Å². The molecule has 1 heterocycles. The molecule has 13 heavy (non-hydrogen) atoms. The molecule has 0 unspecified atom stereocenters. The number of hydrogen-bond donors (Lipinski definition) is 0. The molecule has 1 aliphatic rings. The largest absolute Gasteiger partial charge is 0.371 e. The molecule has 1 nitrogen and oxygen atoms in total. The molecule has 0 amide bonds. The predicted molar refractivity (Wildman–Crippen MR) is 57.2 cm³/mol. The highest BCUT2D eigenvalue weighted by atomic mass is 15.1. The first-order chi connectivity index (χ1) is 6.31. The fraction of sp³-hybridized carbons (Fsp3) is 0.500. The summed E-state index contributed by atoms with van der Waals surface area (Å²) in [6.07, 6.45) is 1.24. The first-order valence-electron chi connectivity index (χ1n) is 5.14. The van der Waals surface area contributed by atoms with Crippen molar-refractivity contribution in [1.82, 2.24) is 0 Å². The van der Waals surface area contributed by atoms with Gasteiger partial charge in [-0.25, -0.2) is 0 Å². The molecule has 70 valence electrons. The molecule has 0 N–H and O–H groups in total. The van der Waals surface area contributed by atoms with Crippen LogP contribution in [0.25, 0.3) is 0 Å². The van der Waals surface area contributed by atoms with Crippen LogP contribution in [0.2, 0.25) is 0 Å². The van der Waals surface area contributed by atoms with Crippen molar-refractivity contribution in [2.45, 2.75) is 20.3 Å². The molecule has 2 rings (SSSR count). The Balaban J connectivity index is 2.37. The van der Waals surface area contributed by atoms with E-state index in [9.17, 15) is 0 Å². The van der Waals surface area contributed by atoms with Gasteiger partial charge in [0, 0.05) is 18.8 Å². The molecular weight excluding hydrogens is 158 g/mol. The highest BCUT2D eigenvalue weighted by Crippen LogP contribution is 2.28. The molecule has 0 radical (unpaired) electrons. The van der Waals surface area contributed by atoms with Gasteiger partial charge in [0.25, 0.3) is 0 Å². The summed E-state index contributed by atoms with van der Waals surface area (Å²) in [6, 6.07) is 8.78. The highest BCUT2D eigenvalue weighted by Gasteiger charge is 2.19. The lowest BCUT2D eigenvalue weighted by Crippen LogP contribution is -2.33. The van der Waals surface area contributed by atoms with Gasteiger partial charge in [0.15, 0.2) is 0 Å². The van der Waals surface area contributed by atoms with Crippen molar-refractivity contribution in [2.75, 3.05) is 18.0 Å². The van der Waals surface area contributed by atoms with Gasteiger partial charge in [-0.15, -0.1) is 0 Å². The van der Waals surface area contributed by atoms with Gasteiger partial charge in [-0.1, -0.05) is 25.1 Å². The quantitative estimate of drug-likeness (QED) is 0.634. The van der Waals surface area contributed by atoms with Gasteiger partial charge in [-0.3, -0.25) is 0 Å². The Morgan fingerprint density at radius 3 is 2.92 bits per heavy atom. The summed E-state index contributed by atoms with van der Waals surface area (Å²) in [7, 11) is 0. The van der Waals surface area contributed by atoms with Crippen LogP contribution in [0.5, 0.6) is 0 Å². The van der Waals surface area contributed by atoms with E-state index in [1.165, 1.54) is 24.2 Å². The lowest BCUT2D eigenvalue weighted by molar-refractivity contribution is 0.537. The number of anilines is 1. The van der Waals surface area contributed by atoms with Crippen molar-refractivity contribution in [3.63, 3.8) is 0 Å². The van der Waals surface area contributed by atoms with Gasteiger partial charge in [-0.2, -0.15) is 0 Å². The Labute approximate surface area is 80.4 Å². The molecule has 0 aromatic heterocycles. The maximum atomic E-state index is 2.48. The van der Waals surface area contributed by atoms with Crippen molar-refractivity contribution in [1.29, 1.82) is 0 Å². The molecule has 1 aliphatic heterocycles. The monoisotopic (exact) mass is 175 g/mol. The van der Waals surface area contributed by atoms with Crippen LogP contribution in [0.1, 0.15) is 19.4 Å². The number of fused-ring (bicyclic) bond motifs is 1. The minimum atomic E-state index is 0.801. The molecule has 0 bridgehead atoms. The standard InChI is InChI=1S/C12H17N/c1-3-13-9-10(2)8-11-6-4-5-7-12(11)13/h4-7,10H,3,8-9H2,1-2H3/t10-/m0/s1. The Bertz CT molecular complexity index is 293. The fourth-order valence-corrected chi connectivity index (χ4v) is 2.21. The highest BCUT2D eigenvalue weighted by molar-refractivity contribution is 5.55. The zero-order chi connectivity index (χ0) is 9.26. The van der Waals surface area contributed by atoms with E-state index >= 15 is 0 Å². The Kier molecular flexibility index (Phi) is 2.26. The van der Waals surface area contributed by atoms with Crippen LogP contribution in [0.4, 0.5) is 5.69 Å². The molecule has 1 aromatic carbocycles. The molecule has 0 saturated carbocycles. The fourth-order valence-electron chi connectivity index (χ4n) is 2.21. The number of hydrogen-bond acceptors (Lipinski definition) is 1. The lowest BCUT2D eigenvalue weighted by Gasteiger charge is -2.33. The maximum absolute atomic E-state index is 2.48. The van der Waals surface area contributed by atoms with Crippen LogP contribution in [0, 0.1) is 5.92 Å². The summed E-state index contributed by atoms with van der Waals surface area (Å²) in [5.41, 5.74) is 2.96. The maximum Gasteiger partial charge on any atom is 0.0398 e. The molecular formula is C12H17N. The van der Waals surface area contributed by atoms with Gasteiger partial charge < -0.3 is 4.90 Å². The van der Waals surface area contributed by atoms with Crippen molar-refractivity contribution in [3.8, 4) is 0 Å². The first kappa shape index (κ1) is 8.61. The van der Waals surface area contributed by atoms with E-state index in [2.05, 4.69) is 43.0 Å². The molecule has 0 fully saturated rings. The summed E-state index contributed by atoms with van der Waals surface area (Å²) >= 11 is 0. The zero-order valence-electron chi connectivity index (χ0n) is 8.46. The van der Waals surface area contributed by atoms with E-state index in [0.717, 1.165) is 12.5 Å². The van der Waals surface area contributed by atoms with Crippen molar-refractivity contribution in [2.24, 2.45) is 5.92 Å². The number of benzene rings is 1. The Hall–Kier alpha value is -0.980. The third-order valence-corrected chi connectivity index (χ3v) is 2.81. The van der Waals surface area contributed by atoms with E-state index in [0.29, 0.717) is 0 Å². The minimum Gasteiger partial charge on any atom is -0.371 e. The van der Waals surface area contributed by atoms with Crippen LogP contribution in [-0.4, -0.2) is 13.1 Å². The Morgan fingerprint density at radius 1 is 1.38 bits per heavy atom. The minimum absolute atomic E-state index is 0.801. The first-order valence-corrected chi connectivity index (χ1v) is 5.14. The van der Waals surface area contributed by atoms with Gasteiger partial charge in [-0.05, 0) is 30.9 Å². The predicted octanol–water partition coefficient (Wildman–Crippen LogP) is 2.71. The summed E-state index contributed by atoms with van der Waals surface area (Å²) < 4.78 is 0. The summed E-state index contributed by atoms with van der Waals surface area (Å²) in [6.45, 7) is 6.91.